The zero-order chi connectivity index (χ0) is 14.9. The Morgan fingerprint density at radius 1 is 1.23 bits per heavy atom. The lowest BCUT2D eigenvalue weighted by atomic mass is 10.1. The van der Waals surface area contributed by atoms with Crippen molar-refractivity contribution >= 4 is 17.3 Å². The molecule has 0 bridgehead atoms. The Morgan fingerprint density at radius 3 is 3.00 bits per heavy atom. The fourth-order valence-electron chi connectivity index (χ4n) is 2.38. The number of hydroxylamine groups is 1. The van der Waals surface area contributed by atoms with Gasteiger partial charge in [-0.15, -0.1) is 0 Å². The molecule has 0 radical (unpaired) electrons. The lowest BCUT2D eigenvalue weighted by Gasteiger charge is -2.13. The van der Waals surface area contributed by atoms with Crippen molar-refractivity contribution in [3.63, 3.8) is 0 Å². The molecule has 0 amide bonds. The monoisotopic (exact) mass is 321 g/mol. The summed E-state index contributed by atoms with van der Waals surface area (Å²) >= 11 is 6.20. The third-order valence-corrected chi connectivity index (χ3v) is 3.84. The normalized spacial score (nSPS) is 15.4. The Hall–Kier alpha value is -2.25. The van der Waals surface area contributed by atoms with Gasteiger partial charge in [-0.2, -0.15) is 0 Å². The average molecular weight is 322 g/mol. The summed E-state index contributed by atoms with van der Waals surface area (Å²) in [5.41, 5.74) is 5.94. The largest absolute Gasteiger partial charge is 0.454 e. The first kappa shape index (κ1) is 13.4. The van der Waals surface area contributed by atoms with Crippen LogP contribution >= 0.6 is 11.6 Å². The van der Waals surface area contributed by atoms with E-state index in [2.05, 4.69) is 15.8 Å². The molecule has 2 aliphatic rings. The fraction of sp³-hybridized carbons (Fsp3) is 0.286. The minimum Gasteiger partial charge on any atom is -0.454 e. The fourth-order valence-corrected chi connectivity index (χ4v) is 2.58. The first-order valence-corrected chi connectivity index (χ1v) is 7.17. The number of halogens is 1. The smallest absolute Gasteiger partial charge is 0.231 e. The van der Waals surface area contributed by atoms with Crippen molar-refractivity contribution in [2.75, 3.05) is 6.79 Å². The maximum Gasteiger partial charge on any atom is 0.231 e. The van der Waals surface area contributed by atoms with Gasteiger partial charge in [0, 0.05) is 11.6 Å². The van der Waals surface area contributed by atoms with Gasteiger partial charge in [0.15, 0.2) is 17.2 Å². The van der Waals surface area contributed by atoms with Crippen molar-refractivity contribution in [3.8, 4) is 11.5 Å². The van der Waals surface area contributed by atoms with E-state index in [4.69, 9.17) is 30.5 Å². The lowest BCUT2D eigenvalue weighted by molar-refractivity contribution is 0.0639. The van der Waals surface area contributed by atoms with Crippen molar-refractivity contribution in [1.29, 1.82) is 0 Å². The number of benzene rings is 1. The molecule has 8 heteroatoms. The molecule has 0 fully saturated rings. The summed E-state index contributed by atoms with van der Waals surface area (Å²) < 4.78 is 15.3. The van der Waals surface area contributed by atoms with Gasteiger partial charge in [0.1, 0.15) is 12.3 Å². The average Bonchev–Trinajstić information content (AvgIpc) is 3.16. The second-order valence-corrected chi connectivity index (χ2v) is 5.31. The van der Waals surface area contributed by atoms with E-state index in [-0.39, 0.29) is 13.4 Å². The van der Waals surface area contributed by atoms with Gasteiger partial charge in [-0.3, -0.25) is 10.3 Å². The summed E-state index contributed by atoms with van der Waals surface area (Å²) in [4.78, 5) is 5.52. The molecular weight excluding hydrogens is 310 g/mol. The molecule has 0 unspecified atom stereocenters. The highest BCUT2D eigenvalue weighted by atomic mass is 35.5. The summed E-state index contributed by atoms with van der Waals surface area (Å²) in [6, 6.07) is 3.53. The number of ether oxygens (including phenoxy) is 2. The zero-order valence-electron chi connectivity index (χ0n) is 11.5. The van der Waals surface area contributed by atoms with Gasteiger partial charge in [-0.1, -0.05) is 22.8 Å². The lowest BCUT2D eigenvalue weighted by Crippen LogP contribution is -2.16. The maximum absolute atomic E-state index is 6.20. The van der Waals surface area contributed by atoms with Crippen molar-refractivity contribution < 1.29 is 18.9 Å². The summed E-state index contributed by atoms with van der Waals surface area (Å²) in [7, 11) is 0. The van der Waals surface area contributed by atoms with Gasteiger partial charge in [0.2, 0.25) is 6.79 Å². The summed E-state index contributed by atoms with van der Waals surface area (Å²) in [5.74, 6) is 1.32. The van der Waals surface area contributed by atoms with E-state index in [1.165, 1.54) is 0 Å². The minimum atomic E-state index is 0.211. The molecule has 0 spiro atoms. The van der Waals surface area contributed by atoms with Gasteiger partial charge < -0.3 is 9.47 Å². The third-order valence-electron chi connectivity index (χ3n) is 3.49. The Morgan fingerprint density at radius 2 is 2.09 bits per heavy atom. The predicted molar refractivity (Wildman–Crippen MR) is 76.1 cm³/mol. The molecule has 2 heterocycles. The van der Waals surface area contributed by atoms with Gasteiger partial charge in [-0.25, -0.2) is 4.63 Å². The molecule has 114 valence electrons. The third kappa shape index (κ3) is 2.38. The maximum atomic E-state index is 6.20. The SMILES string of the molecule is Clc1cc2c(cc1CONC1=CCCc3nonc31)OCO2. The molecule has 0 atom stereocenters. The molecule has 22 heavy (non-hydrogen) atoms. The molecule has 1 aliphatic heterocycles. The second-order valence-electron chi connectivity index (χ2n) is 4.90. The van der Waals surface area contributed by atoms with Crippen LogP contribution in [0.25, 0.3) is 5.70 Å². The number of hydrogen-bond donors (Lipinski definition) is 1. The molecule has 1 aromatic heterocycles. The number of rotatable bonds is 4. The van der Waals surface area contributed by atoms with Crippen LogP contribution < -0.4 is 15.0 Å². The number of hydrogen-bond acceptors (Lipinski definition) is 7. The molecule has 7 nitrogen and oxygen atoms in total. The molecule has 0 saturated carbocycles. The molecule has 1 N–H and O–H groups in total. The van der Waals surface area contributed by atoms with Crippen LogP contribution in [-0.4, -0.2) is 17.1 Å². The van der Waals surface area contributed by atoms with Crippen LogP contribution in [-0.2, 0) is 17.9 Å². The van der Waals surface area contributed by atoms with Crippen LogP contribution in [0.2, 0.25) is 5.02 Å². The van der Waals surface area contributed by atoms with E-state index in [1.807, 2.05) is 12.1 Å². The Labute approximate surface area is 130 Å². The highest BCUT2D eigenvalue weighted by Gasteiger charge is 2.19. The van der Waals surface area contributed by atoms with Gasteiger partial charge in [-0.05, 0) is 24.1 Å². The summed E-state index contributed by atoms with van der Waals surface area (Å²) in [5, 5.41) is 8.28. The molecule has 4 rings (SSSR count). The Bertz CT molecular complexity index is 744. The molecular formula is C14H12ClN3O4. The van der Waals surface area contributed by atoms with Gasteiger partial charge in [0.05, 0.1) is 10.7 Å². The van der Waals surface area contributed by atoms with E-state index in [1.54, 1.807) is 6.07 Å². The highest BCUT2D eigenvalue weighted by Crippen LogP contribution is 2.37. The number of allylic oxidation sites excluding steroid dienone is 1. The standard InChI is InChI=1S/C14H12ClN3O4/c15-9-5-13-12(19-7-20-13)4-8(9)6-21-16-10-2-1-3-11-14(10)18-22-17-11/h2,4-5,16H,1,3,6-7H2. The Balaban J connectivity index is 1.43. The summed E-state index contributed by atoms with van der Waals surface area (Å²) in [6.07, 6.45) is 3.67. The van der Waals surface area contributed by atoms with E-state index in [9.17, 15) is 0 Å². The quantitative estimate of drug-likeness (QED) is 0.866. The van der Waals surface area contributed by atoms with Crippen LogP contribution in [0, 0.1) is 0 Å². The van der Waals surface area contributed by atoms with E-state index in [0.29, 0.717) is 22.2 Å². The molecule has 1 aliphatic carbocycles. The minimum absolute atomic E-state index is 0.211. The number of aromatic nitrogens is 2. The van der Waals surface area contributed by atoms with Crippen molar-refractivity contribution in [1.82, 2.24) is 15.8 Å². The highest BCUT2D eigenvalue weighted by molar-refractivity contribution is 6.31. The van der Waals surface area contributed by atoms with Crippen LogP contribution in [0.15, 0.2) is 22.8 Å². The van der Waals surface area contributed by atoms with Crippen LogP contribution in [0.5, 0.6) is 11.5 Å². The first-order chi connectivity index (χ1) is 10.8. The molecule has 2 aromatic rings. The number of nitrogens with one attached hydrogen (secondary N) is 1. The molecule has 1 aromatic carbocycles. The topological polar surface area (TPSA) is 78.6 Å². The van der Waals surface area contributed by atoms with Crippen LogP contribution in [0.3, 0.4) is 0 Å². The van der Waals surface area contributed by atoms with Crippen molar-refractivity contribution in [2.24, 2.45) is 0 Å². The Kier molecular flexibility index (Phi) is 3.36. The second kappa shape index (κ2) is 5.51. The van der Waals surface area contributed by atoms with Gasteiger partial charge >= 0.3 is 0 Å². The van der Waals surface area contributed by atoms with E-state index in [0.717, 1.165) is 29.8 Å². The number of fused-ring (bicyclic) bond motifs is 2. The number of nitrogens with zero attached hydrogens (tertiary/aromatic N) is 2. The zero-order valence-corrected chi connectivity index (χ0v) is 12.2. The van der Waals surface area contributed by atoms with Crippen molar-refractivity contribution in [2.45, 2.75) is 19.4 Å². The van der Waals surface area contributed by atoms with Crippen LogP contribution in [0.1, 0.15) is 23.4 Å². The first-order valence-electron chi connectivity index (χ1n) is 6.79. The summed E-state index contributed by atoms with van der Waals surface area (Å²) in [6.45, 7) is 0.483. The van der Waals surface area contributed by atoms with Crippen LogP contribution in [0.4, 0.5) is 0 Å². The van der Waals surface area contributed by atoms with Gasteiger partial charge in [0.25, 0.3) is 0 Å². The number of aryl methyl sites for hydroxylation is 1. The van der Waals surface area contributed by atoms with E-state index < -0.39 is 0 Å². The predicted octanol–water partition coefficient (Wildman–Crippen LogP) is 2.46. The van der Waals surface area contributed by atoms with E-state index >= 15 is 0 Å². The van der Waals surface area contributed by atoms with Crippen molar-refractivity contribution in [3.05, 3.63) is 40.2 Å². The molecule has 0 saturated heterocycles.